The molecule has 0 unspecified atom stereocenters. The van der Waals surface area contributed by atoms with E-state index in [-0.39, 0.29) is 25.5 Å². The van der Waals surface area contributed by atoms with Crippen LogP contribution in [0, 0.1) is 0 Å². The molecule has 0 fully saturated rings. The maximum atomic E-state index is 11.6. The number of halogens is 1. The van der Waals surface area contributed by atoms with Crippen LogP contribution < -0.4 is 14.8 Å². The van der Waals surface area contributed by atoms with Crippen LogP contribution in [0.2, 0.25) is 0 Å². The van der Waals surface area contributed by atoms with Crippen molar-refractivity contribution in [2.75, 3.05) is 26.4 Å². The second kappa shape index (κ2) is 9.95. The Morgan fingerprint density at radius 3 is 2.42 bits per heavy atom. The Labute approximate surface area is 149 Å². The van der Waals surface area contributed by atoms with E-state index in [1.807, 2.05) is 48.5 Å². The second-order valence-corrected chi connectivity index (χ2v) is 5.96. The fourth-order valence-corrected chi connectivity index (χ4v) is 2.40. The van der Waals surface area contributed by atoms with Gasteiger partial charge in [-0.1, -0.05) is 34.1 Å². The highest BCUT2D eigenvalue weighted by atomic mass is 79.9. The minimum absolute atomic E-state index is 0.0550. The first-order valence-electron chi connectivity index (χ1n) is 7.65. The first kappa shape index (κ1) is 18.3. The van der Waals surface area contributed by atoms with E-state index in [0.29, 0.717) is 13.2 Å². The fourth-order valence-electron chi connectivity index (χ4n) is 2.02. The van der Waals surface area contributed by atoms with Crippen LogP contribution >= 0.6 is 15.9 Å². The number of carbonyl (C=O) groups is 1. The van der Waals surface area contributed by atoms with Gasteiger partial charge in [0.15, 0.2) is 0 Å². The van der Waals surface area contributed by atoms with Gasteiger partial charge in [0.2, 0.25) is 5.91 Å². The highest BCUT2D eigenvalue weighted by Crippen LogP contribution is 2.18. The zero-order valence-corrected chi connectivity index (χ0v) is 14.8. The lowest BCUT2D eigenvalue weighted by Crippen LogP contribution is -2.27. The van der Waals surface area contributed by atoms with Crippen LogP contribution in [0.3, 0.4) is 0 Å². The van der Waals surface area contributed by atoms with Crippen molar-refractivity contribution in [2.45, 2.75) is 6.42 Å². The van der Waals surface area contributed by atoms with Gasteiger partial charge in [-0.15, -0.1) is 0 Å². The lowest BCUT2D eigenvalue weighted by atomic mass is 10.1. The second-order valence-electron chi connectivity index (χ2n) is 5.05. The van der Waals surface area contributed by atoms with Crippen LogP contribution in [0.15, 0.2) is 53.0 Å². The number of hydrogen-bond acceptors (Lipinski definition) is 4. The quantitative estimate of drug-likeness (QED) is 0.642. The highest BCUT2D eigenvalue weighted by Gasteiger charge is 2.03. The molecule has 0 spiro atoms. The van der Waals surface area contributed by atoms with Gasteiger partial charge in [0.1, 0.15) is 24.7 Å². The van der Waals surface area contributed by atoms with Crippen molar-refractivity contribution in [1.82, 2.24) is 5.32 Å². The molecule has 2 aromatic rings. The van der Waals surface area contributed by atoms with E-state index < -0.39 is 0 Å². The van der Waals surface area contributed by atoms with Crippen molar-refractivity contribution in [3.63, 3.8) is 0 Å². The summed E-state index contributed by atoms with van der Waals surface area (Å²) in [4.78, 5) is 11.6. The molecule has 128 valence electrons. The molecule has 0 bridgehead atoms. The number of rotatable bonds is 9. The zero-order valence-electron chi connectivity index (χ0n) is 13.2. The monoisotopic (exact) mass is 393 g/mol. The third kappa shape index (κ3) is 6.60. The largest absolute Gasteiger partial charge is 0.490 e. The number of nitrogens with one attached hydrogen (secondary N) is 1. The zero-order chi connectivity index (χ0) is 17.2. The lowest BCUT2D eigenvalue weighted by molar-refractivity contribution is -0.120. The summed E-state index contributed by atoms with van der Waals surface area (Å²) in [6.07, 6.45) is 0.284. The number of ether oxygens (including phenoxy) is 2. The molecule has 0 aromatic heterocycles. The molecule has 2 N–H and O–H groups in total. The molecule has 0 heterocycles. The summed E-state index contributed by atoms with van der Waals surface area (Å²) in [5.74, 6) is 1.41. The predicted octanol–water partition coefficient (Wildman–Crippen LogP) is 2.56. The van der Waals surface area contributed by atoms with Crippen molar-refractivity contribution in [1.29, 1.82) is 0 Å². The van der Waals surface area contributed by atoms with Gasteiger partial charge in [0, 0.05) is 11.0 Å². The van der Waals surface area contributed by atoms with Crippen molar-refractivity contribution in [3.8, 4) is 11.5 Å². The van der Waals surface area contributed by atoms with E-state index in [1.165, 1.54) is 0 Å². The Morgan fingerprint density at radius 1 is 1.04 bits per heavy atom. The maximum absolute atomic E-state index is 11.6. The number of aliphatic hydroxyl groups excluding tert-OH is 1. The van der Waals surface area contributed by atoms with Crippen LogP contribution in [-0.2, 0) is 11.2 Å². The summed E-state index contributed by atoms with van der Waals surface area (Å²) in [5, 5.41) is 11.3. The Kier molecular flexibility index (Phi) is 7.58. The topological polar surface area (TPSA) is 67.8 Å². The van der Waals surface area contributed by atoms with Crippen LogP contribution in [0.1, 0.15) is 5.56 Å². The van der Waals surface area contributed by atoms with Gasteiger partial charge < -0.3 is 19.9 Å². The number of hydrogen-bond donors (Lipinski definition) is 2. The summed E-state index contributed by atoms with van der Waals surface area (Å²) in [5.41, 5.74) is 0.892. The molecule has 1 amide bonds. The van der Waals surface area contributed by atoms with Crippen molar-refractivity contribution < 1.29 is 19.4 Å². The maximum Gasteiger partial charge on any atom is 0.224 e. The summed E-state index contributed by atoms with van der Waals surface area (Å²) in [6.45, 7) is 1.10. The van der Waals surface area contributed by atoms with Gasteiger partial charge in [-0.3, -0.25) is 4.79 Å². The molecule has 0 radical (unpaired) electrons. The molecular formula is C18H20BrNO4. The van der Waals surface area contributed by atoms with Crippen LogP contribution in [-0.4, -0.2) is 37.4 Å². The molecule has 2 aromatic carbocycles. The Morgan fingerprint density at radius 2 is 1.75 bits per heavy atom. The van der Waals surface area contributed by atoms with Gasteiger partial charge in [-0.2, -0.15) is 0 Å². The van der Waals surface area contributed by atoms with Crippen LogP contribution in [0.25, 0.3) is 0 Å². The number of carbonyl (C=O) groups excluding carboxylic acids is 1. The highest BCUT2D eigenvalue weighted by molar-refractivity contribution is 9.10. The molecule has 2 rings (SSSR count). The normalized spacial score (nSPS) is 10.2. The van der Waals surface area contributed by atoms with E-state index in [2.05, 4.69) is 21.2 Å². The van der Waals surface area contributed by atoms with Gasteiger partial charge in [-0.05, 0) is 35.9 Å². The third-order valence-corrected chi connectivity index (χ3v) is 3.63. The van der Waals surface area contributed by atoms with Gasteiger partial charge in [-0.25, -0.2) is 0 Å². The standard InChI is InChI=1S/C18H20BrNO4/c19-15-2-1-3-17(13-15)24-11-10-23-16-6-4-14(5-7-16)12-18(22)20-8-9-21/h1-7,13,21H,8-12H2,(H,20,22). The van der Waals surface area contributed by atoms with Crippen molar-refractivity contribution in [2.24, 2.45) is 0 Å². The first-order chi connectivity index (χ1) is 11.7. The average molecular weight is 394 g/mol. The van der Waals surface area contributed by atoms with Gasteiger partial charge in [0.25, 0.3) is 0 Å². The summed E-state index contributed by atoms with van der Waals surface area (Å²) in [6, 6.07) is 15.0. The van der Waals surface area contributed by atoms with Crippen molar-refractivity contribution >= 4 is 21.8 Å². The van der Waals surface area contributed by atoms with Crippen molar-refractivity contribution in [3.05, 3.63) is 58.6 Å². The number of amides is 1. The van der Waals surface area contributed by atoms with Gasteiger partial charge >= 0.3 is 0 Å². The molecule has 0 saturated carbocycles. The Hall–Kier alpha value is -2.05. The lowest BCUT2D eigenvalue weighted by Gasteiger charge is -2.09. The van der Waals surface area contributed by atoms with Crippen LogP contribution in [0.4, 0.5) is 0 Å². The third-order valence-electron chi connectivity index (χ3n) is 3.14. The molecule has 0 aliphatic rings. The minimum atomic E-state index is -0.111. The number of aliphatic hydroxyl groups is 1. The molecule has 0 atom stereocenters. The molecular weight excluding hydrogens is 374 g/mol. The van der Waals surface area contributed by atoms with Crippen LogP contribution in [0.5, 0.6) is 11.5 Å². The summed E-state index contributed by atoms with van der Waals surface area (Å²) < 4.78 is 12.2. The molecule has 0 aliphatic heterocycles. The van der Waals surface area contributed by atoms with E-state index in [1.54, 1.807) is 0 Å². The first-order valence-corrected chi connectivity index (χ1v) is 8.44. The summed E-state index contributed by atoms with van der Waals surface area (Å²) in [7, 11) is 0. The smallest absolute Gasteiger partial charge is 0.224 e. The van der Waals surface area contributed by atoms with E-state index in [0.717, 1.165) is 21.5 Å². The number of benzene rings is 2. The molecule has 0 saturated heterocycles. The minimum Gasteiger partial charge on any atom is -0.490 e. The molecule has 24 heavy (non-hydrogen) atoms. The SMILES string of the molecule is O=C(Cc1ccc(OCCOc2cccc(Br)c2)cc1)NCCO. The van der Waals surface area contributed by atoms with E-state index >= 15 is 0 Å². The molecule has 5 nitrogen and oxygen atoms in total. The molecule has 0 aliphatic carbocycles. The van der Waals surface area contributed by atoms with E-state index in [4.69, 9.17) is 14.6 Å². The predicted molar refractivity (Wildman–Crippen MR) is 95.4 cm³/mol. The van der Waals surface area contributed by atoms with E-state index in [9.17, 15) is 4.79 Å². The molecule has 6 heteroatoms. The van der Waals surface area contributed by atoms with Gasteiger partial charge in [0.05, 0.1) is 13.0 Å². The fraction of sp³-hybridized carbons (Fsp3) is 0.278. The Bertz CT molecular complexity index is 646. The Balaban J connectivity index is 1.70. The average Bonchev–Trinajstić information content (AvgIpc) is 2.58. The summed E-state index contributed by atoms with van der Waals surface area (Å²) >= 11 is 3.39.